The maximum atomic E-state index is 4.51. The Balaban J connectivity index is 1.94. The van der Waals surface area contributed by atoms with Crippen molar-refractivity contribution < 1.29 is 0 Å². The van der Waals surface area contributed by atoms with Crippen LogP contribution in [-0.2, 0) is 0 Å². The largest absolute Gasteiger partial charge is 0.316 e. The minimum atomic E-state index is 0.872. The van der Waals surface area contributed by atoms with Gasteiger partial charge in [-0.1, -0.05) is 30.3 Å². The minimum Gasteiger partial charge on any atom is -0.316 e. The number of benzene rings is 2. The highest BCUT2D eigenvalue weighted by Crippen LogP contribution is 2.22. The van der Waals surface area contributed by atoms with Gasteiger partial charge >= 0.3 is 0 Å². The summed E-state index contributed by atoms with van der Waals surface area (Å²) in [6, 6.07) is 22.1. The zero-order valence-corrected chi connectivity index (χ0v) is 11.7. The molecule has 1 aromatic heterocycles. The highest BCUT2D eigenvalue weighted by atomic mass is 32.1. The summed E-state index contributed by atoms with van der Waals surface area (Å²) in [7, 11) is 0. The van der Waals surface area contributed by atoms with Crippen LogP contribution in [0, 0.1) is 0 Å². The predicted octanol–water partition coefficient (Wildman–Crippen LogP) is 4.52. The number of thiol groups is 1. The molecule has 0 unspecified atom stereocenters. The third-order valence-corrected chi connectivity index (χ3v) is 3.41. The van der Waals surface area contributed by atoms with E-state index in [0.717, 1.165) is 22.0 Å². The summed E-state index contributed by atoms with van der Waals surface area (Å²) in [5.74, 6) is 0. The fraction of sp³-hybridized carbons (Fsp3) is 0. The molecule has 98 valence electrons. The molecule has 0 radical (unpaired) electrons. The molecule has 1 heterocycles. The average molecular weight is 278 g/mol. The second-order valence-electron chi connectivity index (χ2n) is 4.39. The first-order valence-electron chi connectivity index (χ1n) is 6.39. The Labute approximate surface area is 123 Å². The molecule has 0 saturated heterocycles. The quantitative estimate of drug-likeness (QED) is 0.536. The van der Waals surface area contributed by atoms with Crippen molar-refractivity contribution in [3.63, 3.8) is 0 Å². The molecule has 0 amide bonds. The van der Waals surface area contributed by atoms with E-state index in [4.69, 9.17) is 0 Å². The van der Waals surface area contributed by atoms with E-state index in [9.17, 15) is 0 Å². The topological polar surface area (TPSA) is 17.3 Å². The molecule has 2 aromatic carbocycles. The summed E-state index contributed by atoms with van der Waals surface area (Å²) in [6.07, 6.45) is 3.89. The molecule has 2 nitrogen and oxygen atoms in total. The van der Waals surface area contributed by atoms with Crippen molar-refractivity contribution in [2.45, 2.75) is 4.90 Å². The van der Waals surface area contributed by atoms with Gasteiger partial charge in [-0.3, -0.25) is 4.99 Å². The monoisotopic (exact) mass is 278 g/mol. The van der Waals surface area contributed by atoms with Crippen LogP contribution >= 0.6 is 12.6 Å². The van der Waals surface area contributed by atoms with Crippen LogP contribution in [0.25, 0.3) is 5.69 Å². The Kier molecular flexibility index (Phi) is 3.70. The van der Waals surface area contributed by atoms with Crippen LogP contribution in [0.5, 0.6) is 0 Å². The van der Waals surface area contributed by atoms with Gasteiger partial charge in [0.15, 0.2) is 0 Å². The van der Waals surface area contributed by atoms with Crippen molar-refractivity contribution >= 4 is 24.5 Å². The summed E-state index contributed by atoms with van der Waals surface area (Å²) in [5, 5.41) is 0. The van der Waals surface area contributed by atoms with Gasteiger partial charge in [0.1, 0.15) is 0 Å². The molecular weight excluding hydrogens is 264 g/mol. The van der Waals surface area contributed by atoms with Gasteiger partial charge in [-0.15, -0.1) is 12.6 Å². The molecule has 3 rings (SSSR count). The van der Waals surface area contributed by atoms with Crippen LogP contribution in [0.3, 0.4) is 0 Å². The van der Waals surface area contributed by atoms with Crippen molar-refractivity contribution in [1.82, 2.24) is 4.57 Å². The van der Waals surface area contributed by atoms with Crippen molar-refractivity contribution in [2.24, 2.45) is 4.99 Å². The number of nitrogens with zero attached hydrogens (tertiary/aromatic N) is 2. The summed E-state index contributed by atoms with van der Waals surface area (Å²) >= 11 is 4.40. The van der Waals surface area contributed by atoms with Crippen LogP contribution < -0.4 is 0 Å². The lowest BCUT2D eigenvalue weighted by atomic mass is 10.3. The summed E-state index contributed by atoms with van der Waals surface area (Å²) in [5.41, 5.74) is 3.03. The lowest BCUT2D eigenvalue weighted by Gasteiger charge is -2.05. The average Bonchev–Trinajstić information content (AvgIpc) is 2.96. The maximum absolute atomic E-state index is 4.51. The highest BCUT2D eigenvalue weighted by Gasteiger charge is 2.00. The molecule has 0 aliphatic rings. The van der Waals surface area contributed by atoms with Gasteiger partial charge in [0.2, 0.25) is 0 Å². The maximum Gasteiger partial charge on any atom is 0.0763 e. The Morgan fingerprint density at radius 1 is 0.850 bits per heavy atom. The van der Waals surface area contributed by atoms with Crippen molar-refractivity contribution in [1.29, 1.82) is 0 Å². The number of para-hydroxylation sites is 2. The number of aromatic nitrogens is 1. The predicted molar refractivity (Wildman–Crippen MR) is 86.7 cm³/mol. The van der Waals surface area contributed by atoms with E-state index in [1.165, 1.54) is 0 Å². The minimum absolute atomic E-state index is 0.872. The lowest BCUT2D eigenvalue weighted by Crippen LogP contribution is -1.97. The molecule has 0 aliphatic heterocycles. The number of rotatable bonds is 3. The van der Waals surface area contributed by atoms with Crippen LogP contribution in [0.2, 0.25) is 0 Å². The summed E-state index contributed by atoms with van der Waals surface area (Å²) in [4.78, 5) is 5.39. The van der Waals surface area contributed by atoms with Gasteiger partial charge in [-0.05, 0) is 36.4 Å². The normalized spacial score (nSPS) is 11.1. The van der Waals surface area contributed by atoms with Crippen LogP contribution in [0.4, 0.5) is 5.69 Å². The number of hydrogen-bond acceptors (Lipinski definition) is 2. The molecule has 20 heavy (non-hydrogen) atoms. The van der Waals surface area contributed by atoms with Crippen molar-refractivity contribution in [2.75, 3.05) is 0 Å². The number of hydrogen-bond donors (Lipinski definition) is 1. The van der Waals surface area contributed by atoms with E-state index in [1.807, 2.05) is 67.0 Å². The fourth-order valence-corrected chi connectivity index (χ4v) is 2.25. The molecule has 0 aliphatic carbocycles. The van der Waals surface area contributed by atoms with Crippen LogP contribution in [0.1, 0.15) is 5.69 Å². The Bertz CT molecular complexity index is 730. The Morgan fingerprint density at radius 3 is 2.40 bits per heavy atom. The Morgan fingerprint density at radius 2 is 1.60 bits per heavy atom. The van der Waals surface area contributed by atoms with Gasteiger partial charge in [0.05, 0.1) is 17.6 Å². The molecule has 0 atom stereocenters. The number of aliphatic imine (C=N–C) groups is 1. The van der Waals surface area contributed by atoms with E-state index >= 15 is 0 Å². The first-order valence-corrected chi connectivity index (χ1v) is 6.84. The van der Waals surface area contributed by atoms with Gasteiger partial charge in [-0.2, -0.15) is 0 Å². The van der Waals surface area contributed by atoms with Crippen LogP contribution in [0.15, 0.2) is 82.8 Å². The molecular formula is C17H14N2S. The van der Waals surface area contributed by atoms with Crippen molar-refractivity contribution in [3.8, 4) is 5.69 Å². The van der Waals surface area contributed by atoms with Crippen LogP contribution in [-0.4, -0.2) is 10.8 Å². The molecule has 0 spiro atoms. The van der Waals surface area contributed by atoms with E-state index < -0.39 is 0 Å². The van der Waals surface area contributed by atoms with E-state index in [0.29, 0.717) is 0 Å². The van der Waals surface area contributed by atoms with Gasteiger partial charge in [0, 0.05) is 16.8 Å². The Hall–Kier alpha value is -2.26. The fourth-order valence-electron chi connectivity index (χ4n) is 2.03. The van der Waals surface area contributed by atoms with Crippen molar-refractivity contribution in [3.05, 3.63) is 78.6 Å². The molecule has 0 N–H and O–H groups in total. The van der Waals surface area contributed by atoms with Gasteiger partial charge < -0.3 is 4.57 Å². The summed E-state index contributed by atoms with van der Waals surface area (Å²) in [6.45, 7) is 0. The zero-order valence-electron chi connectivity index (χ0n) is 10.8. The van der Waals surface area contributed by atoms with Gasteiger partial charge in [-0.25, -0.2) is 0 Å². The highest BCUT2D eigenvalue weighted by molar-refractivity contribution is 7.80. The second-order valence-corrected chi connectivity index (χ2v) is 4.87. The molecule has 3 aromatic rings. The third-order valence-electron chi connectivity index (χ3n) is 3.03. The van der Waals surface area contributed by atoms with E-state index in [-0.39, 0.29) is 0 Å². The zero-order chi connectivity index (χ0) is 13.8. The lowest BCUT2D eigenvalue weighted by molar-refractivity contribution is 1.07. The van der Waals surface area contributed by atoms with E-state index in [1.54, 1.807) is 0 Å². The smallest absolute Gasteiger partial charge is 0.0763 e. The molecule has 0 saturated carbocycles. The van der Waals surface area contributed by atoms with Gasteiger partial charge in [0.25, 0.3) is 0 Å². The molecule has 0 bridgehead atoms. The standard InChI is InChI=1S/C17H14N2S/c20-17-11-5-4-10-16(17)18-13-15-9-6-12-19(15)14-7-2-1-3-8-14/h1-13,20H. The first kappa shape index (κ1) is 12.8. The second kappa shape index (κ2) is 5.80. The summed E-state index contributed by atoms with van der Waals surface area (Å²) < 4.78 is 2.10. The first-order chi connectivity index (χ1) is 9.84. The van der Waals surface area contributed by atoms with E-state index in [2.05, 4.69) is 34.3 Å². The SMILES string of the molecule is Sc1ccccc1N=Cc1cccn1-c1ccccc1. The molecule has 0 fully saturated rings. The third kappa shape index (κ3) is 2.68. The molecule has 3 heteroatoms.